The van der Waals surface area contributed by atoms with Gasteiger partial charge in [0, 0.05) is 32.7 Å². The Morgan fingerprint density at radius 3 is 2.60 bits per heavy atom. The van der Waals surface area contributed by atoms with Gasteiger partial charge in [-0.15, -0.1) is 0 Å². The van der Waals surface area contributed by atoms with Gasteiger partial charge in [0.05, 0.1) is 0 Å². The van der Waals surface area contributed by atoms with Gasteiger partial charge in [-0.2, -0.15) is 0 Å². The molecule has 0 aliphatic heterocycles. The van der Waals surface area contributed by atoms with Gasteiger partial charge in [-0.05, 0) is 49.7 Å². The van der Waals surface area contributed by atoms with E-state index in [9.17, 15) is 4.79 Å². The Bertz CT molecular complexity index is 797. The zero-order valence-corrected chi connectivity index (χ0v) is 12.9. The summed E-state index contributed by atoms with van der Waals surface area (Å²) in [5, 5.41) is 0.979. The number of ketones is 1. The van der Waals surface area contributed by atoms with E-state index in [1.165, 1.54) is 0 Å². The fourth-order valence-corrected chi connectivity index (χ4v) is 3.05. The monoisotopic (exact) mass is 327 g/mol. The first-order valence-electron chi connectivity index (χ1n) is 6.44. The summed E-state index contributed by atoms with van der Waals surface area (Å²) in [4.78, 5) is 15.9. The second-order valence-electron chi connectivity index (χ2n) is 5.10. The lowest BCUT2D eigenvalue weighted by Crippen LogP contribution is -2.01. The molecule has 0 spiro atoms. The summed E-state index contributed by atoms with van der Waals surface area (Å²) < 4.78 is 0.928. The van der Waals surface area contributed by atoms with Crippen LogP contribution in [-0.2, 0) is 0 Å². The Morgan fingerprint density at radius 2 is 1.85 bits per heavy atom. The molecule has 0 aliphatic carbocycles. The van der Waals surface area contributed by atoms with Crippen molar-refractivity contribution in [3.05, 3.63) is 69.3 Å². The molecule has 3 heteroatoms. The van der Waals surface area contributed by atoms with Crippen LogP contribution in [0.15, 0.2) is 47.1 Å². The first kappa shape index (κ1) is 13.1. The molecule has 3 rings (SSSR count). The summed E-state index contributed by atoms with van der Waals surface area (Å²) in [6.45, 7) is 4.02. The predicted molar refractivity (Wildman–Crippen MR) is 85.3 cm³/mol. The molecule has 3 aromatic rings. The average Bonchev–Trinajstić information content (AvgIpc) is 2.79. The van der Waals surface area contributed by atoms with E-state index in [-0.39, 0.29) is 5.78 Å². The van der Waals surface area contributed by atoms with Crippen molar-refractivity contribution in [2.45, 2.75) is 13.8 Å². The van der Waals surface area contributed by atoms with E-state index in [0.717, 1.165) is 32.1 Å². The number of nitrogens with one attached hydrogen (secondary N) is 1. The van der Waals surface area contributed by atoms with Crippen LogP contribution in [0.1, 0.15) is 27.0 Å². The zero-order chi connectivity index (χ0) is 14.3. The molecule has 0 radical (unpaired) electrons. The lowest BCUT2D eigenvalue weighted by Gasteiger charge is -2.03. The number of aromatic amines is 1. The number of H-pyrrole nitrogens is 1. The zero-order valence-electron chi connectivity index (χ0n) is 11.3. The highest BCUT2D eigenvalue weighted by molar-refractivity contribution is 9.10. The number of carbonyl (C=O) groups excluding carboxylic acids is 1. The molecule has 0 fully saturated rings. The molecule has 1 aromatic heterocycles. The number of hydrogen-bond acceptors (Lipinski definition) is 1. The molecule has 0 saturated carbocycles. The molecule has 100 valence electrons. The predicted octanol–water partition coefficient (Wildman–Crippen LogP) is 4.78. The lowest BCUT2D eigenvalue weighted by atomic mass is 10.0. The van der Waals surface area contributed by atoms with Crippen LogP contribution < -0.4 is 0 Å². The van der Waals surface area contributed by atoms with Gasteiger partial charge in [0.1, 0.15) is 0 Å². The molecule has 0 saturated heterocycles. The van der Waals surface area contributed by atoms with Crippen LogP contribution in [0.3, 0.4) is 0 Å². The van der Waals surface area contributed by atoms with Gasteiger partial charge in [-0.3, -0.25) is 4.79 Å². The fraction of sp³-hybridized carbons (Fsp3) is 0.118. The van der Waals surface area contributed by atoms with Gasteiger partial charge in [-0.25, -0.2) is 0 Å². The van der Waals surface area contributed by atoms with Gasteiger partial charge in [0.15, 0.2) is 5.78 Å². The number of carbonyl (C=O) groups is 1. The Morgan fingerprint density at radius 1 is 1.05 bits per heavy atom. The minimum atomic E-state index is 0.0475. The van der Waals surface area contributed by atoms with E-state index in [2.05, 4.69) is 20.9 Å². The minimum absolute atomic E-state index is 0.0475. The maximum absolute atomic E-state index is 12.7. The largest absolute Gasteiger partial charge is 0.360 e. The minimum Gasteiger partial charge on any atom is -0.360 e. The molecule has 2 nitrogen and oxygen atoms in total. The van der Waals surface area contributed by atoms with E-state index in [1.807, 2.05) is 50.2 Å². The molecule has 0 unspecified atom stereocenters. The van der Waals surface area contributed by atoms with Gasteiger partial charge in [0.2, 0.25) is 0 Å². The molecular weight excluding hydrogens is 314 g/mol. The highest BCUT2D eigenvalue weighted by Crippen LogP contribution is 2.24. The number of benzene rings is 2. The van der Waals surface area contributed by atoms with Crippen LogP contribution in [0.2, 0.25) is 0 Å². The summed E-state index contributed by atoms with van der Waals surface area (Å²) in [5.41, 5.74) is 4.64. The molecule has 2 aromatic carbocycles. The topological polar surface area (TPSA) is 32.9 Å². The first-order chi connectivity index (χ1) is 9.54. The van der Waals surface area contributed by atoms with Crippen molar-refractivity contribution < 1.29 is 4.79 Å². The van der Waals surface area contributed by atoms with Gasteiger partial charge < -0.3 is 4.98 Å². The second-order valence-corrected chi connectivity index (χ2v) is 6.01. The number of fused-ring (bicyclic) bond motifs is 1. The first-order valence-corrected chi connectivity index (χ1v) is 7.23. The van der Waals surface area contributed by atoms with Crippen molar-refractivity contribution >= 4 is 32.6 Å². The van der Waals surface area contributed by atoms with Gasteiger partial charge in [0.25, 0.3) is 0 Å². The van der Waals surface area contributed by atoms with Crippen LogP contribution in [0.4, 0.5) is 0 Å². The van der Waals surface area contributed by atoms with Crippen LogP contribution in [-0.4, -0.2) is 10.8 Å². The van der Waals surface area contributed by atoms with Gasteiger partial charge >= 0.3 is 0 Å². The van der Waals surface area contributed by atoms with E-state index < -0.39 is 0 Å². The van der Waals surface area contributed by atoms with Crippen LogP contribution >= 0.6 is 15.9 Å². The number of aryl methyl sites for hydroxylation is 2. The Hall–Kier alpha value is -1.87. The standard InChI is InChI=1S/C17H14BrNO/c1-10-3-4-16-14(7-10)15(9-19-16)17(20)12-5-11(2)6-13(18)8-12/h3-9,19H,1-2H3. The lowest BCUT2D eigenvalue weighted by molar-refractivity contribution is 0.104. The Kier molecular flexibility index (Phi) is 3.22. The molecule has 20 heavy (non-hydrogen) atoms. The van der Waals surface area contributed by atoms with E-state index >= 15 is 0 Å². The third-order valence-electron chi connectivity index (χ3n) is 3.39. The quantitative estimate of drug-likeness (QED) is 0.675. The highest BCUT2D eigenvalue weighted by Gasteiger charge is 2.15. The maximum atomic E-state index is 12.7. The van der Waals surface area contributed by atoms with Crippen molar-refractivity contribution in [2.75, 3.05) is 0 Å². The third kappa shape index (κ3) is 2.29. The van der Waals surface area contributed by atoms with E-state index in [0.29, 0.717) is 5.56 Å². The summed E-state index contributed by atoms with van der Waals surface area (Å²) in [6.07, 6.45) is 1.79. The molecule has 0 amide bonds. The van der Waals surface area contributed by atoms with Crippen molar-refractivity contribution in [2.24, 2.45) is 0 Å². The highest BCUT2D eigenvalue weighted by atomic mass is 79.9. The summed E-state index contributed by atoms with van der Waals surface area (Å²) in [7, 11) is 0. The molecule has 0 atom stereocenters. The van der Waals surface area contributed by atoms with Crippen molar-refractivity contribution in [3.8, 4) is 0 Å². The van der Waals surface area contributed by atoms with Crippen molar-refractivity contribution in [1.29, 1.82) is 0 Å². The SMILES string of the molecule is Cc1cc(Br)cc(C(=O)c2c[nH]c3ccc(C)cc23)c1. The van der Waals surface area contributed by atoms with Gasteiger partial charge in [-0.1, -0.05) is 27.6 Å². The number of aromatic nitrogens is 1. The summed E-state index contributed by atoms with van der Waals surface area (Å²) >= 11 is 3.45. The normalized spacial score (nSPS) is 10.9. The summed E-state index contributed by atoms with van der Waals surface area (Å²) in [5.74, 6) is 0.0475. The van der Waals surface area contributed by atoms with Crippen molar-refractivity contribution in [3.63, 3.8) is 0 Å². The smallest absolute Gasteiger partial charge is 0.195 e. The Labute approximate surface area is 126 Å². The average molecular weight is 328 g/mol. The second kappa shape index (κ2) is 4.91. The molecule has 0 aliphatic rings. The van der Waals surface area contributed by atoms with Crippen molar-refractivity contribution in [1.82, 2.24) is 4.98 Å². The molecule has 1 N–H and O–H groups in total. The van der Waals surface area contributed by atoms with Crippen LogP contribution in [0.5, 0.6) is 0 Å². The third-order valence-corrected chi connectivity index (χ3v) is 3.84. The molecule has 0 bridgehead atoms. The molecule has 1 heterocycles. The number of hydrogen-bond donors (Lipinski definition) is 1. The fourth-order valence-electron chi connectivity index (χ4n) is 2.45. The van der Waals surface area contributed by atoms with Crippen LogP contribution in [0, 0.1) is 13.8 Å². The van der Waals surface area contributed by atoms with E-state index in [1.54, 1.807) is 6.20 Å². The van der Waals surface area contributed by atoms with E-state index in [4.69, 9.17) is 0 Å². The maximum Gasteiger partial charge on any atom is 0.195 e. The molecular formula is C17H14BrNO. The summed E-state index contributed by atoms with van der Waals surface area (Å²) in [6, 6.07) is 11.9. The number of rotatable bonds is 2. The Balaban J connectivity index is 2.15. The number of halogens is 1. The van der Waals surface area contributed by atoms with Crippen LogP contribution in [0.25, 0.3) is 10.9 Å².